The molecular weight excluding hydrogens is 274 g/mol. The van der Waals surface area contributed by atoms with Gasteiger partial charge in [0, 0.05) is 18.7 Å². The zero-order valence-corrected chi connectivity index (χ0v) is 12.3. The van der Waals surface area contributed by atoms with E-state index in [1.165, 1.54) is 6.42 Å². The molecule has 1 saturated heterocycles. The summed E-state index contributed by atoms with van der Waals surface area (Å²) in [4.78, 5) is 23.8. The zero-order chi connectivity index (χ0) is 14.9. The summed E-state index contributed by atoms with van der Waals surface area (Å²) in [7, 11) is 0. The molecule has 1 fully saturated rings. The van der Waals surface area contributed by atoms with Crippen molar-refractivity contribution < 1.29 is 4.79 Å². The Hall–Kier alpha value is -2.49. The van der Waals surface area contributed by atoms with Crippen molar-refractivity contribution in [3.63, 3.8) is 0 Å². The molecule has 3 aromatic rings. The standard InChI is InChI=1S/C18H17N3O/c22-18(21-10-4-1-5-11-21)13-8-9-16-17(12-13)20-15-7-3-2-6-14(15)19-16/h2-3,6-9,12H,1,4-5,10-11H2. The van der Waals surface area contributed by atoms with Crippen molar-refractivity contribution in [3.8, 4) is 0 Å². The number of carbonyl (C=O) groups is 1. The summed E-state index contributed by atoms with van der Waals surface area (Å²) in [6.07, 6.45) is 3.42. The maximum atomic E-state index is 12.6. The van der Waals surface area contributed by atoms with Crippen molar-refractivity contribution in [1.82, 2.24) is 14.9 Å². The van der Waals surface area contributed by atoms with Crippen LogP contribution >= 0.6 is 0 Å². The van der Waals surface area contributed by atoms with Crippen LogP contribution < -0.4 is 0 Å². The van der Waals surface area contributed by atoms with Gasteiger partial charge >= 0.3 is 0 Å². The SMILES string of the molecule is O=C(c1ccc2nc3ccccc3nc2c1)N1CCCCC1. The number of hydrogen-bond donors (Lipinski definition) is 0. The lowest BCUT2D eigenvalue weighted by molar-refractivity contribution is 0.0724. The third kappa shape index (κ3) is 2.30. The molecule has 22 heavy (non-hydrogen) atoms. The average Bonchev–Trinajstić information content (AvgIpc) is 2.59. The first-order chi connectivity index (χ1) is 10.8. The molecule has 0 radical (unpaired) electrons. The lowest BCUT2D eigenvalue weighted by Crippen LogP contribution is -2.35. The van der Waals surface area contributed by atoms with Gasteiger partial charge in [-0.05, 0) is 49.6 Å². The number of carbonyl (C=O) groups excluding carboxylic acids is 1. The fourth-order valence-corrected chi connectivity index (χ4v) is 3.03. The van der Waals surface area contributed by atoms with Gasteiger partial charge in [0.1, 0.15) is 0 Å². The number of fused-ring (bicyclic) bond motifs is 2. The normalized spacial score (nSPS) is 15.4. The second-order valence-corrected chi connectivity index (χ2v) is 5.77. The predicted molar refractivity (Wildman–Crippen MR) is 86.8 cm³/mol. The molecule has 0 aliphatic carbocycles. The largest absolute Gasteiger partial charge is 0.339 e. The van der Waals surface area contributed by atoms with Gasteiger partial charge in [-0.2, -0.15) is 0 Å². The molecule has 2 aromatic carbocycles. The highest BCUT2D eigenvalue weighted by Crippen LogP contribution is 2.19. The van der Waals surface area contributed by atoms with Crippen LogP contribution in [-0.2, 0) is 0 Å². The van der Waals surface area contributed by atoms with Gasteiger partial charge in [0.05, 0.1) is 22.1 Å². The Morgan fingerprint density at radius 3 is 2.18 bits per heavy atom. The molecule has 2 heterocycles. The Labute approximate surface area is 128 Å². The molecule has 4 heteroatoms. The highest BCUT2D eigenvalue weighted by molar-refractivity contribution is 5.98. The van der Waals surface area contributed by atoms with Crippen molar-refractivity contribution in [2.75, 3.05) is 13.1 Å². The summed E-state index contributed by atoms with van der Waals surface area (Å²) < 4.78 is 0. The summed E-state index contributed by atoms with van der Waals surface area (Å²) in [5, 5.41) is 0. The molecule has 0 spiro atoms. The Morgan fingerprint density at radius 1 is 0.818 bits per heavy atom. The molecular formula is C18H17N3O. The number of benzene rings is 2. The minimum absolute atomic E-state index is 0.108. The molecule has 110 valence electrons. The number of nitrogens with zero attached hydrogens (tertiary/aromatic N) is 3. The molecule has 4 nitrogen and oxygen atoms in total. The number of amides is 1. The van der Waals surface area contributed by atoms with Crippen molar-refractivity contribution in [1.29, 1.82) is 0 Å². The van der Waals surface area contributed by atoms with Gasteiger partial charge in [-0.15, -0.1) is 0 Å². The van der Waals surface area contributed by atoms with Crippen LogP contribution in [0, 0.1) is 0 Å². The number of piperidine rings is 1. The third-order valence-electron chi connectivity index (χ3n) is 4.23. The van der Waals surface area contributed by atoms with Gasteiger partial charge < -0.3 is 4.90 Å². The number of aromatic nitrogens is 2. The minimum Gasteiger partial charge on any atom is -0.339 e. The third-order valence-corrected chi connectivity index (χ3v) is 4.23. The van der Waals surface area contributed by atoms with E-state index < -0.39 is 0 Å². The van der Waals surface area contributed by atoms with Crippen LogP contribution in [0.2, 0.25) is 0 Å². The number of hydrogen-bond acceptors (Lipinski definition) is 3. The second-order valence-electron chi connectivity index (χ2n) is 5.77. The maximum Gasteiger partial charge on any atom is 0.253 e. The van der Waals surface area contributed by atoms with Gasteiger partial charge in [0.15, 0.2) is 0 Å². The van der Waals surface area contributed by atoms with E-state index in [0.29, 0.717) is 5.56 Å². The van der Waals surface area contributed by atoms with Crippen molar-refractivity contribution in [2.24, 2.45) is 0 Å². The van der Waals surface area contributed by atoms with Gasteiger partial charge in [-0.25, -0.2) is 9.97 Å². The van der Waals surface area contributed by atoms with E-state index in [1.807, 2.05) is 47.4 Å². The van der Waals surface area contributed by atoms with Crippen LogP contribution in [0.15, 0.2) is 42.5 Å². The summed E-state index contributed by atoms with van der Waals surface area (Å²) >= 11 is 0. The Balaban J connectivity index is 1.76. The van der Waals surface area contributed by atoms with Gasteiger partial charge in [-0.1, -0.05) is 12.1 Å². The van der Waals surface area contributed by atoms with Crippen LogP contribution in [0.1, 0.15) is 29.6 Å². The lowest BCUT2D eigenvalue weighted by Gasteiger charge is -2.26. The van der Waals surface area contributed by atoms with E-state index in [1.54, 1.807) is 0 Å². The molecule has 1 aliphatic heterocycles. The molecule has 0 bridgehead atoms. The average molecular weight is 291 g/mol. The Bertz CT molecular complexity index is 853. The molecule has 0 saturated carbocycles. The van der Waals surface area contributed by atoms with Gasteiger partial charge in [0.2, 0.25) is 0 Å². The first kappa shape index (κ1) is 13.2. The Morgan fingerprint density at radius 2 is 1.45 bits per heavy atom. The molecule has 1 aliphatic rings. The van der Waals surface area contributed by atoms with Crippen molar-refractivity contribution in [2.45, 2.75) is 19.3 Å². The van der Waals surface area contributed by atoms with Gasteiger partial charge in [0.25, 0.3) is 5.91 Å². The minimum atomic E-state index is 0.108. The first-order valence-corrected chi connectivity index (χ1v) is 7.77. The van der Waals surface area contributed by atoms with E-state index in [9.17, 15) is 4.79 Å². The topological polar surface area (TPSA) is 46.1 Å². The summed E-state index contributed by atoms with van der Waals surface area (Å²) in [5.74, 6) is 0.108. The molecule has 1 amide bonds. The summed E-state index contributed by atoms with van der Waals surface area (Å²) in [5.41, 5.74) is 4.05. The maximum absolute atomic E-state index is 12.6. The highest BCUT2D eigenvalue weighted by Gasteiger charge is 2.18. The zero-order valence-electron chi connectivity index (χ0n) is 12.3. The molecule has 0 N–H and O–H groups in total. The monoisotopic (exact) mass is 291 g/mol. The van der Waals surface area contributed by atoms with E-state index in [2.05, 4.69) is 9.97 Å². The van der Waals surface area contributed by atoms with Crippen LogP contribution in [-0.4, -0.2) is 33.9 Å². The van der Waals surface area contributed by atoms with Crippen LogP contribution in [0.4, 0.5) is 0 Å². The highest BCUT2D eigenvalue weighted by atomic mass is 16.2. The van der Waals surface area contributed by atoms with Crippen molar-refractivity contribution in [3.05, 3.63) is 48.0 Å². The number of para-hydroxylation sites is 2. The Kier molecular flexibility index (Phi) is 3.22. The van der Waals surface area contributed by atoms with Crippen molar-refractivity contribution >= 4 is 28.0 Å². The van der Waals surface area contributed by atoms with Crippen LogP contribution in [0.5, 0.6) is 0 Å². The molecule has 4 rings (SSSR count). The van der Waals surface area contributed by atoms with E-state index >= 15 is 0 Å². The second kappa shape index (κ2) is 5.37. The number of rotatable bonds is 1. The van der Waals surface area contributed by atoms with E-state index in [-0.39, 0.29) is 5.91 Å². The first-order valence-electron chi connectivity index (χ1n) is 7.77. The van der Waals surface area contributed by atoms with E-state index in [4.69, 9.17) is 0 Å². The summed E-state index contributed by atoms with van der Waals surface area (Å²) in [6.45, 7) is 1.72. The smallest absolute Gasteiger partial charge is 0.253 e. The fraction of sp³-hybridized carbons (Fsp3) is 0.278. The van der Waals surface area contributed by atoms with E-state index in [0.717, 1.165) is 48.0 Å². The predicted octanol–water partition coefficient (Wildman–Crippen LogP) is 3.41. The molecule has 1 aromatic heterocycles. The number of likely N-dealkylation sites (tertiary alicyclic amines) is 1. The molecule has 0 atom stereocenters. The van der Waals surface area contributed by atoms with Crippen LogP contribution in [0.25, 0.3) is 22.1 Å². The summed E-state index contributed by atoms with van der Waals surface area (Å²) in [6, 6.07) is 13.4. The lowest BCUT2D eigenvalue weighted by atomic mass is 10.1. The van der Waals surface area contributed by atoms with Crippen LogP contribution in [0.3, 0.4) is 0 Å². The van der Waals surface area contributed by atoms with Gasteiger partial charge in [-0.3, -0.25) is 4.79 Å². The quantitative estimate of drug-likeness (QED) is 0.645. The molecule has 0 unspecified atom stereocenters. The fourth-order valence-electron chi connectivity index (χ4n) is 3.03.